The molecule has 1 N–H and O–H groups in total. The number of benzene rings is 1. The quantitative estimate of drug-likeness (QED) is 0.922. The van der Waals surface area contributed by atoms with E-state index in [1.165, 1.54) is 12.1 Å². The Bertz CT molecular complexity index is 609. The van der Waals surface area contributed by atoms with Crippen LogP contribution in [0.1, 0.15) is 30.7 Å². The summed E-state index contributed by atoms with van der Waals surface area (Å²) in [6.07, 6.45) is 2.33. The Labute approximate surface area is 141 Å². The molecule has 2 fully saturated rings. The second-order valence-electron chi connectivity index (χ2n) is 6.94. The van der Waals surface area contributed by atoms with Gasteiger partial charge in [0.2, 0.25) is 5.91 Å². The molecular weight excluding hydrogens is 309 g/mol. The fraction of sp³-hybridized carbons (Fsp3) is 0.556. The minimum absolute atomic E-state index is 0.0249. The van der Waals surface area contributed by atoms with Crippen LogP contribution < -0.4 is 5.32 Å². The number of amides is 3. The summed E-state index contributed by atoms with van der Waals surface area (Å²) in [5.41, 5.74) is 1.07. The largest absolute Gasteiger partial charge is 0.349 e. The van der Waals surface area contributed by atoms with E-state index in [4.69, 9.17) is 0 Å². The summed E-state index contributed by atoms with van der Waals surface area (Å²) in [7, 11) is 3.54. The van der Waals surface area contributed by atoms with E-state index in [1.54, 1.807) is 36.0 Å². The lowest BCUT2D eigenvalue weighted by Gasteiger charge is -2.32. The number of hydrogen-bond acceptors (Lipinski definition) is 2. The van der Waals surface area contributed by atoms with Crippen molar-refractivity contribution in [1.82, 2.24) is 15.1 Å². The van der Waals surface area contributed by atoms with Gasteiger partial charge >= 0.3 is 6.03 Å². The van der Waals surface area contributed by atoms with E-state index in [-0.39, 0.29) is 35.6 Å². The van der Waals surface area contributed by atoms with Crippen molar-refractivity contribution >= 4 is 11.9 Å². The first-order valence-corrected chi connectivity index (χ1v) is 8.48. The van der Waals surface area contributed by atoms with Gasteiger partial charge in [0.05, 0.1) is 0 Å². The maximum Gasteiger partial charge on any atom is 0.317 e. The number of nitrogens with zero attached hydrogens (tertiary/aromatic N) is 2. The van der Waals surface area contributed by atoms with Crippen molar-refractivity contribution in [2.24, 2.45) is 5.92 Å². The van der Waals surface area contributed by atoms with Crippen molar-refractivity contribution < 1.29 is 14.0 Å². The lowest BCUT2D eigenvalue weighted by molar-refractivity contribution is -0.134. The third kappa shape index (κ3) is 3.68. The highest BCUT2D eigenvalue weighted by Gasteiger charge is 2.40. The molecule has 2 unspecified atom stereocenters. The van der Waals surface area contributed by atoms with Crippen LogP contribution in [0, 0.1) is 11.7 Å². The first kappa shape index (κ1) is 16.7. The van der Waals surface area contributed by atoms with Crippen molar-refractivity contribution in [1.29, 1.82) is 0 Å². The zero-order chi connectivity index (χ0) is 17.3. The minimum atomic E-state index is -0.241. The Hall–Kier alpha value is -2.11. The Morgan fingerprint density at radius 1 is 1.17 bits per heavy atom. The lowest BCUT2D eigenvalue weighted by Crippen LogP contribution is -2.47. The molecule has 1 saturated heterocycles. The number of rotatable bonds is 3. The number of piperidine rings is 1. The fourth-order valence-electron chi connectivity index (χ4n) is 3.38. The van der Waals surface area contributed by atoms with Crippen LogP contribution in [0.2, 0.25) is 0 Å². The van der Waals surface area contributed by atoms with Crippen LogP contribution in [0.4, 0.5) is 9.18 Å². The topological polar surface area (TPSA) is 52.7 Å². The van der Waals surface area contributed by atoms with Gasteiger partial charge in [-0.3, -0.25) is 4.79 Å². The van der Waals surface area contributed by atoms with Crippen molar-refractivity contribution in [3.05, 3.63) is 35.6 Å². The lowest BCUT2D eigenvalue weighted by atomic mass is 9.96. The number of carbonyl (C=O) groups is 2. The number of hydrogen-bond donors (Lipinski definition) is 1. The second-order valence-corrected chi connectivity index (χ2v) is 6.94. The van der Waals surface area contributed by atoms with Gasteiger partial charge in [0.15, 0.2) is 0 Å². The summed E-state index contributed by atoms with van der Waals surface area (Å²) in [5, 5.41) is 3.05. The van der Waals surface area contributed by atoms with Crippen LogP contribution in [0.25, 0.3) is 0 Å². The Morgan fingerprint density at radius 3 is 2.38 bits per heavy atom. The number of carbonyl (C=O) groups excluding carboxylic acids is 2. The average molecular weight is 333 g/mol. The summed E-state index contributed by atoms with van der Waals surface area (Å²) in [6, 6.07) is 6.55. The molecule has 3 rings (SSSR count). The van der Waals surface area contributed by atoms with Crippen molar-refractivity contribution in [3.8, 4) is 0 Å². The summed E-state index contributed by atoms with van der Waals surface area (Å²) in [4.78, 5) is 27.7. The number of likely N-dealkylation sites (tertiary alicyclic amines) is 1. The van der Waals surface area contributed by atoms with E-state index in [1.807, 2.05) is 0 Å². The predicted octanol–water partition coefficient (Wildman–Crippen LogP) is 2.19. The van der Waals surface area contributed by atoms with Crippen molar-refractivity contribution in [2.45, 2.75) is 31.2 Å². The molecule has 0 radical (unpaired) electrons. The normalized spacial score (nSPS) is 23.7. The molecule has 0 bridgehead atoms. The second kappa shape index (κ2) is 6.79. The highest BCUT2D eigenvalue weighted by Crippen LogP contribution is 2.40. The molecule has 1 heterocycles. The van der Waals surface area contributed by atoms with Crippen molar-refractivity contribution in [2.75, 3.05) is 27.2 Å². The van der Waals surface area contributed by atoms with Crippen LogP contribution in [0.3, 0.4) is 0 Å². The van der Waals surface area contributed by atoms with E-state index in [9.17, 15) is 14.0 Å². The van der Waals surface area contributed by atoms with E-state index in [0.717, 1.165) is 24.8 Å². The van der Waals surface area contributed by atoms with Gasteiger partial charge in [-0.25, -0.2) is 9.18 Å². The number of halogens is 1. The van der Waals surface area contributed by atoms with Crippen LogP contribution in [-0.4, -0.2) is 55.0 Å². The summed E-state index contributed by atoms with van der Waals surface area (Å²) >= 11 is 0. The molecule has 5 nitrogen and oxygen atoms in total. The molecule has 1 aromatic rings. The predicted molar refractivity (Wildman–Crippen MR) is 89.1 cm³/mol. The molecule has 2 aliphatic rings. The van der Waals surface area contributed by atoms with E-state index >= 15 is 0 Å². The Morgan fingerprint density at radius 2 is 1.79 bits per heavy atom. The SMILES string of the molecule is CN(C)C(=O)C1CCN(C(=O)NC2CC2c2ccc(F)cc2)CC1. The fourth-order valence-corrected chi connectivity index (χ4v) is 3.38. The highest BCUT2D eigenvalue weighted by atomic mass is 19.1. The summed E-state index contributed by atoms with van der Waals surface area (Å²) < 4.78 is 13.0. The Balaban J connectivity index is 1.46. The zero-order valence-electron chi connectivity index (χ0n) is 14.2. The zero-order valence-corrected chi connectivity index (χ0v) is 14.2. The molecule has 0 spiro atoms. The smallest absolute Gasteiger partial charge is 0.317 e. The molecule has 3 amide bonds. The molecule has 1 aromatic carbocycles. The standard InChI is InChI=1S/C18H24FN3O2/c1-21(2)17(23)13-7-9-22(10-8-13)18(24)20-16-11-15(16)12-3-5-14(19)6-4-12/h3-6,13,15-16H,7-11H2,1-2H3,(H,20,24). The third-order valence-corrected chi connectivity index (χ3v) is 4.97. The molecule has 0 aromatic heterocycles. The number of urea groups is 1. The van der Waals surface area contributed by atoms with Crippen LogP contribution in [0.5, 0.6) is 0 Å². The highest BCUT2D eigenvalue weighted by molar-refractivity contribution is 5.79. The monoisotopic (exact) mass is 333 g/mol. The van der Waals surface area contributed by atoms with E-state index in [0.29, 0.717) is 13.1 Å². The maximum absolute atomic E-state index is 13.0. The van der Waals surface area contributed by atoms with Gasteiger partial charge in [-0.1, -0.05) is 12.1 Å². The maximum atomic E-state index is 13.0. The summed E-state index contributed by atoms with van der Waals surface area (Å²) in [5.74, 6) is 0.211. The van der Waals surface area contributed by atoms with Gasteiger partial charge in [-0.2, -0.15) is 0 Å². The van der Waals surface area contributed by atoms with Crippen molar-refractivity contribution in [3.63, 3.8) is 0 Å². The average Bonchev–Trinajstić information content (AvgIpc) is 3.34. The van der Waals surface area contributed by atoms with Gasteiger partial charge in [0, 0.05) is 45.1 Å². The molecule has 1 aliphatic carbocycles. The van der Waals surface area contributed by atoms with Crippen LogP contribution in [0.15, 0.2) is 24.3 Å². The third-order valence-electron chi connectivity index (χ3n) is 4.97. The minimum Gasteiger partial charge on any atom is -0.349 e. The van der Waals surface area contributed by atoms with Gasteiger partial charge in [-0.15, -0.1) is 0 Å². The van der Waals surface area contributed by atoms with Crippen LogP contribution >= 0.6 is 0 Å². The first-order valence-electron chi connectivity index (χ1n) is 8.48. The van der Waals surface area contributed by atoms with Gasteiger partial charge < -0.3 is 15.1 Å². The van der Waals surface area contributed by atoms with Gasteiger partial charge in [0.25, 0.3) is 0 Å². The molecule has 2 atom stereocenters. The van der Waals surface area contributed by atoms with Gasteiger partial charge in [-0.05, 0) is 37.0 Å². The van der Waals surface area contributed by atoms with E-state index in [2.05, 4.69) is 5.32 Å². The first-order chi connectivity index (χ1) is 11.5. The molecule has 1 saturated carbocycles. The van der Waals surface area contributed by atoms with E-state index < -0.39 is 0 Å². The Kier molecular flexibility index (Phi) is 4.73. The van der Waals surface area contributed by atoms with Crippen LogP contribution in [-0.2, 0) is 4.79 Å². The number of nitrogens with one attached hydrogen (secondary N) is 1. The molecule has 6 heteroatoms. The molecule has 1 aliphatic heterocycles. The molecule has 24 heavy (non-hydrogen) atoms. The molecule has 130 valence electrons. The summed E-state index contributed by atoms with van der Waals surface area (Å²) in [6.45, 7) is 1.23. The molecular formula is C18H24FN3O2. The van der Waals surface area contributed by atoms with Gasteiger partial charge in [0.1, 0.15) is 5.82 Å².